The van der Waals surface area contributed by atoms with E-state index in [1.165, 1.54) is 12.0 Å². The van der Waals surface area contributed by atoms with Crippen molar-refractivity contribution in [3.8, 4) is 5.75 Å². The van der Waals surface area contributed by atoms with Crippen LogP contribution in [-0.2, 0) is 0 Å². The van der Waals surface area contributed by atoms with Crippen molar-refractivity contribution in [3.05, 3.63) is 29.8 Å². The Morgan fingerprint density at radius 2 is 1.79 bits per heavy atom. The molecule has 0 radical (unpaired) electrons. The Morgan fingerprint density at radius 3 is 2.37 bits per heavy atom. The van der Waals surface area contributed by atoms with E-state index in [1.807, 2.05) is 6.07 Å². The van der Waals surface area contributed by atoms with Gasteiger partial charge in [0.1, 0.15) is 5.75 Å². The van der Waals surface area contributed by atoms with Gasteiger partial charge in [-0.25, -0.2) is 0 Å². The van der Waals surface area contributed by atoms with Crippen LogP contribution in [0.4, 0.5) is 0 Å². The fraction of sp³-hybridized carbons (Fsp3) is 0.647. The Labute approximate surface area is 118 Å². The van der Waals surface area contributed by atoms with Gasteiger partial charge in [-0.3, -0.25) is 0 Å². The van der Waals surface area contributed by atoms with Crippen LogP contribution in [0.3, 0.4) is 0 Å². The Hall–Kier alpha value is -1.02. The third kappa shape index (κ3) is 5.23. The molecule has 0 aliphatic heterocycles. The lowest BCUT2D eigenvalue weighted by Crippen LogP contribution is -2.33. The Morgan fingerprint density at radius 1 is 1.11 bits per heavy atom. The topological polar surface area (TPSA) is 21.3 Å². The largest absolute Gasteiger partial charge is 0.491 e. The van der Waals surface area contributed by atoms with Gasteiger partial charge < -0.3 is 10.1 Å². The maximum absolute atomic E-state index is 5.75. The molecule has 0 heterocycles. The van der Waals surface area contributed by atoms with Crippen LogP contribution in [-0.4, -0.2) is 12.1 Å². The van der Waals surface area contributed by atoms with E-state index >= 15 is 0 Å². The van der Waals surface area contributed by atoms with E-state index < -0.39 is 0 Å². The average molecular weight is 263 g/mol. The third-order valence-electron chi connectivity index (χ3n) is 3.74. The van der Waals surface area contributed by atoms with Gasteiger partial charge in [0.2, 0.25) is 0 Å². The first kappa shape index (κ1) is 16.0. The standard InChI is InChI=1S/C17H29NO/c1-7-13(4)14(5)18-15(6)16-9-8-10-17(11-16)19-12(2)3/h8-15,18H,7H2,1-6H3. The van der Waals surface area contributed by atoms with Crippen molar-refractivity contribution in [2.75, 3.05) is 0 Å². The number of rotatable bonds is 7. The highest BCUT2D eigenvalue weighted by Gasteiger charge is 2.14. The molecule has 19 heavy (non-hydrogen) atoms. The first-order valence-electron chi connectivity index (χ1n) is 7.46. The molecule has 2 heteroatoms. The van der Waals surface area contributed by atoms with Crippen molar-refractivity contribution in [1.82, 2.24) is 5.32 Å². The predicted octanol–water partition coefficient (Wildman–Crippen LogP) is 4.56. The van der Waals surface area contributed by atoms with Gasteiger partial charge in [-0.15, -0.1) is 0 Å². The molecular weight excluding hydrogens is 234 g/mol. The van der Waals surface area contributed by atoms with Crippen molar-refractivity contribution in [3.63, 3.8) is 0 Å². The second-order valence-electron chi connectivity index (χ2n) is 5.80. The molecular formula is C17H29NO. The molecule has 1 aromatic carbocycles. The van der Waals surface area contributed by atoms with E-state index in [4.69, 9.17) is 4.74 Å². The number of nitrogens with one attached hydrogen (secondary N) is 1. The number of ether oxygens (including phenoxy) is 1. The van der Waals surface area contributed by atoms with Crippen LogP contribution in [0.2, 0.25) is 0 Å². The summed E-state index contributed by atoms with van der Waals surface area (Å²) in [6.07, 6.45) is 1.43. The summed E-state index contributed by atoms with van der Waals surface area (Å²) in [5.74, 6) is 1.65. The smallest absolute Gasteiger partial charge is 0.120 e. The zero-order valence-corrected chi connectivity index (χ0v) is 13.2. The number of hydrogen-bond acceptors (Lipinski definition) is 2. The van der Waals surface area contributed by atoms with Crippen LogP contribution >= 0.6 is 0 Å². The molecule has 0 fully saturated rings. The highest BCUT2D eigenvalue weighted by Crippen LogP contribution is 2.21. The normalized spacial score (nSPS) is 16.2. The maximum atomic E-state index is 5.75. The minimum atomic E-state index is 0.220. The van der Waals surface area contributed by atoms with Gasteiger partial charge in [0.25, 0.3) is 0 Å². The van der Waals surface area contributed by atoms with Crippen LogP contribution in [0.25, 0.3) is 0 Å². The molecule has 3 atom stereocenters. The molecule has 108 valence electrons. The Kier molecular flexibility index (Phi) is 6.36. The van der Waals surface area contributed by atoms with E-state index in [9.17, 15) is 0 Å². The van der Waals surface area contributed by atoms with Crippen molar-refractivity contribution in [2.24, 2.45) is 5.92 Å². The monoisotopic (exact) mass is 263 g/mol. The molecule has 1 aromatic rings. The van der Waals surface area contributed by atoms with E-state index in [-0.39, 0.29) is 6.10 Å². The van der Waals surface area contributed by atoms with Crippen LogP contribution < -0.4 is 10.1 Å². The van der Waals surface area contributed by atoms with Gasteiger partial charge in [0.15, 0.2) is 0 Å². The van der Waals surface area contributed by atoms with Crippen molar-refractivity contribution in [1.29, 1.82) is 0 Å². The fourth-order valence-electron chi connectivity index (χ4n) is 2.14. The first-order chi connectivity index (χ1) is 8.93. The van der Waals surface area contributed by atoms with Gasteiger partial charge in [0, 0.05) is 12.1 Å². The predicted molar refractivity (Wildman–Crippen MR) is 82.7 cm³/mol. The van der Waals surface area contributed by atoms with Gasteiger partial charge in [-0.05, 0) is 51.3 Å². The summed E-state index contributed by atoms with van der Waals surface area (Å²) in [6, 6.07) is 9.26. The molecule has 0 spiro atoms. The molecule has 0 amide bonds. The van der Waals surface area contributed by atoms with Crippen LogP contribution in [0.15, 0.2) is 24.3 Å². The average Bonchev–Trinajstić information content (AvgIpc) is 2.37. The van der Waals surface area contributed by atoms with Crippen LogP contribution in [0, 0.1) is 5.92 Å². The highest BCUT2D eigenvalue weighted by atomic mass is 16.5. The van der Waals surface area contributed by atoms with E-state index in [2.05, 4.69) is 65.1 Å². The second kappa shape index (κ2) is 7.54. The van der Waals surface area contributed by atoms with Gasteiger partial charge >= 0.3 is 0 Å². The molecule has 0 aromatic heterocycles. The quantitative estimate of drug-likeness (QED) is 0.778. The van der Waals surface area contributed by atoms with Crippen molar-refractivity contribution < 1.29 is 4.74 Å². The van der Waals surface area contributed by atoms with Crippen molar-refractivity contribution >= 4 is 0 Å². The molecule has 2 nitrogen and oxygen atoms in total. The zero-order chi connectivity index (χ0) is 14.4. The minimum Gasteiger partial charge on any atom is -0.491 e. The van der Waals surface area contributed by atoms with E-state index in [0.29, 0.717) is 18.0 Å². The van der Waals surface area contributed by atoms with Gasteiger partial charge in [-0.2, -0.15) is 0 Å². The summed E-state index contributed by atoms with van der Waals surface area (Å²) in [5, 5.41) is 3.67. The first-order valence-corrected chi connectivity index (χ1v) is 7.46. The lowest BCUT2D eigenvalue weighted by Gasteiger charge is -2.25. The molecule has 0 aliphatic rings. The summed E-state index contributed by atoms with van der Waals surface area (Å²) in [4.78, 5) is 0. The minimum absolute atomic E-state index is 0.220. The summed E-state index contributed by atoms with van der Waals surface area (Å²) in [6.45, 7) is 13.1. The summed E-state index contributed by atoms with van der Waals surface area (Å²) >= 11 is 0. The SMILES string of the molecule is CCC(C)C(C)NC(C)c1cccc(OC(C)C)c1. The van der Waals surface area contributed by atoms with Crippen LogP contribution in [0.5, 0.6) is 5.75 Å². The maximum Gasteiger partial charge on any atom is 0.120 e. The third-order valence-corrected chi connectivity index (χ3v) is 3.74. The second-order valence-corrected chi connectivity index (χ2v) is 5.80. The summed E-state index contributed by atoms with van der Waals surface area (Å²) in [5.41, 5.74) is 1.29. The summed E-state index contributed by atoms with van der Waals surface area (Å²) < 4.78 is 5.75. The fourth-order valence-corrected chi connectivity index (χ4v) is 2.14. The number of benzene rings is 1. The summed E-state index contributed by atoms with van der Waals surface area (Å²) in [7, 11) is 0. The molecule has 0 bridgehead atoms. The van der Waals surface area contributed by atoms with Crippen molar-refractivity contribution in [2.45, 2.75) is 66.2 Å². The molecule has 0 saturated heterocycles. The molecule has 1 rings (SSSR count). The lowest BCUT2D eigenvalue weighted by molar-refractivity contribution is 0.242. The molecule has 3 unspecified atom stereocenters. The van der Waals surface area contributed by atoms with E-state index in [0.717, 1.165) is 5.75 Å². The lowest BCUT2D eigenvalue weighted by atomic mass is 9.98. The zero-order valence-electron chi connectivity index (χ0n) is 13.2. The van der Waals surface area contributed by atoms with E-state index in [1.54, 1.807) is 0 Å². The highest BCUT2D eigenvalue weighted by molar-refractivity contribution is 5.30. The van der Waals surface area contributed by atoms with Gasteiger partial charge in [0.05, 0.1) is 6.10 Å². The number of hydrogen-bond donors (Lipinski definition) is 1. The molecule has 0 aliphatic carbocycles. The van der Waals surface area contributed by atoms with Gasteiger partial charge in [-0.1, -0.05) is 32.4 Å². The Balaban J connectivity index is 2.68. The molecule has 1 N–H and O–H groups in total. The van der Waals surface area contributed by atoms with Crippen LogP contribution in [0.1, 0.15) is 59.6 Å². The molecule has 0 saturated carbocycles. The Bertz CT molecular complexity index is 375.